The predicted octanol–water partition coefficient (Wildman–Crippen LogP) is 2.30. The van der Waals surface area contributed by atoms with Crippen LogP contribution in [0.15, 0.2) is 17.0 Å². The molecular weight excluding hydrogens is 360 g/mol. The van der Waals surface area contributed by atoms with Crippen molar-refractivity contribution in [3.05, 3.63) is 26.3 Å². The zero-order chi connectivity index (χ0) is 16.4. The molecule has 2 aliphatic heterocycles. The number of nitrogens with zero attached hydrogens (tertiary/aromatic N) is 2. The van der Waals surface area contributed by atoms with E-state index in [4.69, 9.17) is 16.3 Å². The number of morpholine rings is 1. The molecule has 0 atom stereocenters. The van der Waals surface area contributed by atoms with Crippen molar-refractivity contribution >= 4 is 57.8 Å². The molecule has 1 aromatic heterocycles. The molecule has 122 valence electrons. The Morgan fingerprint density at radius 2 is 2.04 bits per heavy atom. The molecule has 0 N–H and O–H groups in total. The predicted molar refractivity (Wildman–Crippen MR) is 89.4 cm³/mol. The standard InChI is InChI=1S/C14H13ClN2O4S2/c15-11-2-1-9(22-11)7-10-13(19)17(14(20)23-10)8-12(18)16-3-5-21-6-4-16/h1-2,7H,3-6,8H2. The van der Waals surface area contributed by atoms with Crippen LogP contribution < -0.4 is 0 Å². The average molecular weight is 373 g/mol. The van der Waals surface area contributed by atoms with Gasteiger partial charge in [0.25, 0.3) is 11.1 Å². The molecule has 1 aromatic rings. The van der Waals surface area contributed by atoms with Gasteiger partial charge >= 0.3 is 0 Å². The van der Waals surface area contributed by atoms with Crippen LogP contribution in [0.25, 0.3) is 6.08 Å². The third-order valence-electron chi connectivity index (χ3n) is 3.40. The number of carbonyl (C=O) groups is 3. The van der Waals surface area contributed by atoms with E-state index in [2.05, 4.69) is 0 Å². The summed E-state index contributed by atoms with van der Waals surface area (Å²) < 4.78 is 5.79. The summed E-state index contributed by atoms with van der Waals surface area (Å²) in [6.45, 7) is 1.70. The van der Waals surface area contributed by atoms with Crippen molar-refractivity contribution in [2.75, 3.05) is 32.8 Å². The normalized spacial score (nSPS) is 20.7. The minimum absolute atomic E-state index is 0.229. The maximum absolute atomic E-state index is 12.3. The van der Waals surface area contributed by atoms with Gasteiger partial charge < -0.3 is 9.64 Å². The lowest BCUT2D eigenvalue weighted by atomic mass is 10.3. The molecule has 0 spiro atoms. The number of thioether (sulfide) groups is 1. The third-order valence-corrected chi connectivity index (χ3v) is 5.48. The van der Waals surface area contributed by atoms with E-state index >= 15 is 0 Å². The van der Waals surface area contributed by atoms with Crippen molar-refractivity contribution in [3.8, 4) is 0 Å². The average Bonchev–Trinajstić information content (AvgIpc) is 3.07. The second kappa shape index (κ2) is 7.04. The van der Waals surface area contributed by atoms with Gasteiger partial charge in [0.1, 0.15) is 6.54 Å². The number of imide groups is 1. The topological polar surface area (TPSA) is 66.9 Å². The molecular formula is C14H13ClN2O4S2. The Labute approximate surface area is 146 Å². The Morgan fingerprint density at radius 1 is 1.30 bits per heavy atom. The SMILES string of the molecule is O=C(CN1C(=O)SC(=Cc2ccc(Cl)s2)C1=O)N1CCOCC1. The Kier molecular flexibility index (Phi) is 5.05. The summed E-state index contributed by atoms with van der Waals surface area (Å²) in [5, 5.41) is -0.425. The smallest absolute Gasteiger partial charge is 0.294 e. The van der Waals surface area contributed by atoms with Crippen LogP contribution in [-0.2, 0) is 14.3 Å². The maximum Gasteiger partial charge on any atom is 0.294 e. The van der Waals surface area contributed by atoms with Gasteiger partial charge in [0, 0.05) is 18.0 Å². The van der Waals surface area contributed by atoms with Gasteiger partial charge in [-0.25, -0.2) is 0 Å². The molecule has 23 heavy (non-hydrogen) atoms. The first kappa shape index (κ1) is 16.5. The molecule has 3 amide bonds. The fourth-order valence-corrected chi connectivity index (χ4v) is 4.13. The van der Waals surface area contributed by atoms with E-state index in [1.165, 1.54) is 11.3 Å². The quantitative estimate of drug-likeness (QED) is 0.761. The molecule has 0 bridgehead atoms. The summed E-state index contributed by atoms with van der Waals surface area (Å²) >= 11 is 8.02. The lowest BCUT2D eigenvalue weighted by Gasteiger charge is -2.27. The Bertz CT molecular complexity index is 682. The highest BCUT2D eigenvalue weighted by Crippen LogP contribution is 2.34. The van der Waals surface area contributed by atoms with E-state index in [0.29, 0.717) is 35.5 Å². The molecule has 0 aliphatic carbocycles. The van der Waals surface area contributed by atoms with Crippen LogP contribution in [0, 0.1) is 0 Å². The number of thiophene rings is 1. The molecule has 0 aromatic carbocycles. The summed E-state index contributed by atoms with van der Waals surface area (Å²) in [4.78, 5) is 40.2. The minimum atomic E-state index is -0.439. The zero-order valence-corrected chi connectivity index (χ0v) is 14.4. The summed E-state index contributed by atoms with van der Waals surface area (Å²) in [5.41, 5.74) is 0. The van der Waals surface area contributed by atoms with Crippen molar-refractivity contribution < 1.29 is 19.1 Å². The molecule has 9 heteroatoms. The number of carbonyl (C=O) groups excluding carboxylic acids is 3. The molecule has 6 nitrogen and oxygen atoms in total. The van der Waals surface area contributed by atoms with Gasteiger partial charge in [0.2, 0.25) is 5.91 Å². The monoisotopic (exact) mass is 372 g/mol. The number of amides is 3. The van der Waals surface area contributed by atoms with E-state index in [0.717, 1.165) is 21.5 Å². The lowest BCUT2D eigenvalue weighted by molar-refractivity contribution is -0.139. The van der Waals surface area contributed by atoms with E-state index in [-0.39, 0.29) is 12.5 Å². The van der Waals surface area contributed by atoms with Gasteiger partial charge in [-0.2, -0.15) is 0 Å². The van der Waals surface area contributed by atoms with Gasteiger partial charge in [0.15, 0.2) is 0 Å². The molecule has 0 saturated carbocycles. The van der Waals surface area contributed by atoms with Crippen LogP contribution in [0.1, 0.15) is 4.88 Å². The fourth-order valence-electron chi connectivity index (χ4n) is 2.22. The van der Waals surface area contributed by atoms with Gasteiger partial charge in [-0.15, -0.1) is 11.3 Å². The molecule has 0 radical (unpaired) electrons. The van der Waals surface area contributed by atoms with Crippen molar-refractivity contribution in [1.82, 2.24) is 9.80 Å². The maximum atomic E-state index is 12.3. The second-order valence-corrected chi connectivity index (χ2v) is 7.64. The zero-order valence-electron chi connectivity index (χ0n) is 12.0. The number of hydrogen-bond donors (Lipinski definition) is 0. The molecule has 2 fully saturated rings. The number of hydrogen-bond acceptors (Lipinski definition) is 6. The van der Waals surface area contributed by atoms with Crippen molar-refractivity contribution in [3.63, 3.8) is 0 Å². The van der Waals surface area contributed by atoms with Gasteiger partial charge in [-0.05, 0) is 30.0 Å². The van der Waals surface area contributed by atoms with Gasteiger partial charge in [-0.3, -0.25) is 19.3 Å². The van der Waals surface area contributed by atoms with E-state index in [1.54, 1.807) is 23.1 Å². The highest BCUT2D eigenvalue weighted by Gasteiger charge is 2.37. The molecule has 3 rings (SSSR count). The Morgan fingerprint density at radius 3 is 2.70 bits per heavy atom. The Balaban J connectivity index is 1.68. The first-order chi connectivity index (χ1) is 11.0. The summed E-state index contributed by atoms with van der Waals surface area (Å²) in [7, 11) is 0. The third kappa shape index (κ3) is 3.77. The van der Waals surface area contributed by atoms with E-state index < -0.39 is 11.1 Å². The largest absolute Gasteiger partial charge is 0.378 e. The van der Waals surface area contributed by atoms with Gasteiger partial charge in [0.05, 0.1) is 22.5 Å². The summed E-state index contributed by atoms with van der Waals surface area (Å²) in [6.07, 6.45) is 1.63. The van der Waals surface area contributed by atoms with Crippen LogP contribution in [0.5, 0.6) is 0 Å². The van der Waals surface area contributed by atoms with Crippen molar-refractivity contribution in [1.29, 1.82) is 0 Å². The van der Waals surface area contributed by atoms with Crippen LogP contribution >= 0.6 is 34.7 Å². The first-order valence-electron chi connectivity index (χ1n) is 6.91. The first-order valence-corrected chi connectivity index (χ1v) is 8.92. The lowest BCUT2D eigenvalue weighted by Crippen LogP contribution is -2.46. The van der Waals surface area contributed by atoms with Gasteiger partial charge in [-0.1, -0.05) is 11.6 Å². The molecule has 2 saturated heterocycles. The van der Waals surface area contributed by atoms with Crippen molar-refractivity contribution in [2.24, 2.45) is 0 Å². The second-order valence-electron chi connectivity index (χ2n) is 4.90. The number of rotatable bonds is 3. The molecule has 0 unspecified atom stereocenters. The van der Waals surface area contributed by atoms with Crippen molar-refractivity contribution in [2.45, 2.75) is 0 Å². The summed E-state index contributed by atoms with van der Waals surface area (Å²) in [6, 6.07) is 3.50. The van der Waals surface area contributed by atoms with E-state index in [1.807, 2.05) is 0 Å². The van der Waals surface area contributed by atoms with Crippen LogP contribution in [0.4, 0.5) is 4.79 Å². The molecule has 2 aliphatic rings. The fraction of sp³-hybridized carbons (Fsp3) is 0.357. The number of ether oxygens (including phenoxy) is 1. The van der Waals surface area contributed by atoms with Crippen LogP contribution in [-0.4, -0.2) is 59.7 Å². The van der Waals surface area contributed by atoms with Crippen LogP contribution in [0.2, 0.25) is 4.34 Å². The highest BCUT2D eigenvalue weighted by atomic mass is 35.5. The minimum Gasteiger partial charge on any atom is -0.378 e. The highest BCUT2D eigenvalue weighted by molar-refractivity contribution is 8.18. The molecule has 3 heterocycles. The summed E-state index contributed by atoms with van der Waals surface area (Å²) in [5.74, 6) is -0.679. The Hall–Kier alpha value is -1.35. The van der Waals surface area contributed by atoms with Crippen LogP contribution in [0.3, 0.4) is 0 Å². The number of halogens is 1. The van der Waals surface area contributed by atoms with E-state index in [9.17, 15) is 14.4 Å².